The Labute approximate surface area is 212 Å². The van der Waals surface area contributed by atoms with Gasteiger partial charge in [-0.1, -0.05) is 87.7 Å². The van der Waals surface area contributed by atoms with E-state index in [1.54, 1.807) is 0 Å². The van der Waals surface area contributed by atoms with Crippen molar-refractivity contribution in [3.63, 3.8) is 0 Å². The second kappa shape index (κ2) is 8.96. The highest BCUT2D eigenvalue weighted by Gasteiger charge is 2.49. The molecule has 2 aliphatic rings. The van der Waals surface area contributed by atoms with Crippen molar-refractivity contribution in [2.24, 2.45) is 0 Å². The van der Waals surface area contributed by atoms with E-state index in [9.17, 15) is 17.6 Å². The highest BCUT2D eigenvalue weighted by Crippen LogP contribution is 2.61. The molecule has 0 radical (unpaired) electrons. The van der Waals surface area contributed by atoms with Crippen LogP contribution in [0, 0.1) is 0 Å². The molecule has 0 unspecified atom stereocenters. The van der Waals surface area contributed by atoms with Gasteiger partial charge in [0.25, 0.3) is 0 Å². The maximum absolute atomic E-state index is 14.1. The standard InChI is InChI=1S/C16HCl5F4O4.4CH4/c17-2-1-3-4-7-12(2)27-16(24,25)29-14(7)6-5(13(4)28-15(22,23)26-3)8(18)10(20)11(21)9(6)19;;;;/h1H;4*1H4. The van der Waals surface area contributed by atoms with Gasteiger partial charge in [-0.15, -0.1) is 17.6 Å². The molecule has 0 atom stereocenters. The molecule has 0 N–H and O–H groups in total. The minimum Gasteiger partial charge on any atom is -0.398 e. The first-order valence-corrected chi connectivity index (χ1v) is 9.30. The van der Waals surface area contributed by atoms with Crippen LogP contribution in [0.15, 0.2) is 6.07 Å². The minimum atomic E-state index is -4.17. The van der Waals surface area contributed by atoms with E-state index in [2.05, 4.69) is 18.9 Å². The average Bonchev–Trinajstić information content (AvgIpc) is 2.60. The van der Waals surface area contributed by atoms with Crippen molar-refractivity contribution in [2.75, 3.05) is 0 Å². The highest BCUT2D eigenvalue weighted by molar-refractivity contribution is 6.56. The molecular weight excluding hydrogens is 557 g/mol. The normalized spacial score (nSPS) is 15.9. The van der Waals surface area contributed by atoms with Crippen molar-refractivity contribution in [2.45, 2.75) is 42.3 Å². The third-order valence-electron chi connectivity index (χ3n) is 4.26. The number of alkyl halides is 4. The Morgan fingerprint density at radius 1 is 0.515 bits per heavy atom. The van der Waals surface area contributed by atoms with E-state index >= 15 is 0 Å². The molecule has 0 spiro atoms. The highest BCUT2D eigenvalue weighted by atomic mass is 35.5. The van der Waals surface area contributed by atoms with Crippen molar-refractivity contribution < 1.29 is 36.5 Å². The van der Waals surface area contributed by atoms with E-state index in [1.807, 2.05) is 0 Å². The molecular formula is C20H17Cl5F4O4. The first-order valence-electron chi connectivity index (χ1n) is 7.41. The fourth-order valence-electron chi connectivity index (χ4n) is 3.27. The second-order valence-electron chi connectivity index (χ2n) is 5.93. The van der Waals surface area contributed by atoms with Gasteiger partial charge in [0, 0.05) is 6.07 Å². The number of benzene rings is 3. The van der Waals surface area contributed by atoms with Crippen LogP contribution in [0.25, 0.3) is 21.5 Å². The summed E-state index contributed by atoms with van der Waals surface area (Å²) >= 11 is 30.5. The van der Waals surface area contributed by atoms with Gasteiger partial charge in [-0.25, -0.2) is 0 Å². The lowest BCUT2D eigenvalue weighted by Gasteiger charge is -2.33. The Hall–Kier alpha value is -1.45. The predicted molar refractivity (Wildman–Crippen MR) is 126 cm³/mol. The third kappa shape index (κ3) is 4.04. The summed E-state index contributed by atoms with van der Waals surface area (Å²) in [7, 11) is 0. The molecule has 0 bridgehead atoms. The molecule has 2 heterocycles. The molecule has 0 aliphatic carbocycles. The number of hydrogen-bond donors (Lipinski definition) is 0. The summed E-state index contributed by atoms with van der Waals surface area (Å²) in [6.45, 7) is 0. The Kier molecular flexibility index (Phi) is 8.04. The van der Waals surface area contributed by atoms with Gasteiger partial charge in [0.1, 0.15) is 5.75 Å². The monoisotopic (exact) mass is 572 g/mol. The van der Waals surface area contributed by atoms with Crippen molar-refractivity contribution >= 4 is 79.5 Å². The van der Waals surface area contributed by atoms with Gasteiger partial charge >= 0.3 is 12.6 Å². The maximum Gasteiger partial charge on any atom is 0.586 e. The van der Waals surface area contributed by atoms with E-state index in [1.165, 1.54) is 0 Å². The lowest BCUT2D eigenvalue weighted by Crippen LogP contribution is -2.37. The number of hydrogen-bond acceptors (Lipinski definition) is 4. The second-order valence-corrected chi connectivity index (χ2v) is 7.85. The van der Waals surface area contributed by atoms with E-state index in [0.717, 1.165) is 6.07 Å². The molecule has 4 nitrogen and oxygen atoms in total. The minimum absolute atomic E-state index is 0. The molecule has 0 aromatic heterocycles. The number of rotatable bonds is 0. The first kappa shape index (κ1) is 29.6. The van der Waals surface area contributed by atoms with Gasteiger partial charge in [0.2, 0.25) is 0 Å². The lowest BCUT2D eigenvalue weighted by molar-refractivity contribution is -0.314. The van der Waals surface area contributed by atoms with Crippen LogP contribution in [0.3, 0.4) is 0 Å². The van der Waals surface area contributed by atoms with Crippen molar-refractivity contribution in [3.05, 3.63) is 31.2 Å². The molecule has 0 amide bonds. The van der Waals surface area contributed by atoms with Crippen LogP contribution in [0.1, 0.15) is 29.7 Å². The summed E-state index contributed by atoms with van der Waals surface area (Å²) < 4.78 is 74.8. The average molecular weight is 575 g/mol. The van der Waals surface area contributed by atoms with Crippen LogP contribution < -0.4 is 18.9 Å². The Morgan fingerprint density at radius 3 is 1.39 bits per heavy atom. The summed E-state index contributed by atoms with van der Waals surface area (Å²) in [6.07, 6.45) is -8.31. The van der Waals surface area contributed by atoms with Crippen LogP contribution in [-0.2, 0) is 0 Å². The zero-order valence-corrected chi connectivity index (χ0v) is 16.9. The Bertz CT molecular complexity index is 1280. The molecule has 13 heteroatoms. The van der Waals surface area contributed by atoms with Crippen LogP contribution in [0.2, 0.25) is 25.1 Å². The van der Waals surface area contributed by atoms with Crippen molar-refractivity contribution in [1.82, 2.24) is 0 Å². The summed E-state index contributed by atoms with van der Waals surface area (Å²) in [6, 6.07) is 0.878. The summed E-state index contributed by atoms with van der Waals surface area (Å²) in [5.74, 6) is -2.17. The van der Waals surface area contributed by atoms with E-state index in [0.29, 0.717) is 0 Å². The van der Waals surface area contributed by atoms with Crippen molar-refractivity contribution in [1.29, 1.82) is 0 Å². The third-order valence-corrected chi connectivity index (χ3v) is 6.35. The SMILES string of the molecule is C.C.C.C.FC1(F)Oc2cc(Cl)c3c4c(c5c(Cl)c(Cl)c(Cl)c(Cl)c5c(c24)O1)OC(F)(F)O3. The molecule has 0 saturated heterocycles. The summed E-state index contributed by atoms with van der Waals surface area (Å²) in [4.78, 5) is 0. The molecule has 0 saturated carbocycles. The van der Waals surface area contributed by atoms with E-state index in [-0.39, 0.29) is 71.3 Å². The molecule has 184 valence electrons. The fraction of sp³-hybridized carbons (Fsp3) is 0.300. The zero-order chi connectivity index (χ0) is 21.0. The van der Waals surface area contributed by atoms with Crippen LogP contribution >= 0.6 is 58.0 Å². The molecule has 0 fully saturated rings. The largest absolute Gasteiger partial charge is 0.586 e. The lowest BCUT2D eigenvalue weighted by atomic mass is 9.98. The van der Waals surface area contributed by atoms with Crippen LogP contribution in [-0.4, -0.2) is 12.6 Å². The van der Waals surface area contributed by atoms with Gasteiger partial charge in [-0.2, -0.15) is 0 Å². The molecule has 2 aliphatic heterocycles. The van der Waals surface area contributed by atoms with Gasteiger partial charge < -0.3 is 18.9 Å². The van der Waals surface area contributed by atoms with Gasteiger partial charge in [-0.05, 0) is 0 Å². The topological polar surface area (TPSA) is 36.9 Å². The molecule has 3 aromatic carbocycles. The molecule has 5 rings (SSSR count). The summed E-state index contributed by atoms with van der Waals surface area (Å²) in [5.41, 5.74) is 0. The first-order chi connectivity index (χ1) is 13.4. The Balaban J connectivity index is 0.00000136. The van der Waals surface area contributed by atoms with Gasteiger partial charge in [-0.3, -0.25) is 0 Å². The predicted octanol–water partition coefficient (Wildman–Crippen LogP) is 10.4. The van der Waals surface area contributed by atoms with Gasteiger partial charge in [0.15, 0.2) is 17.2 Å². The quantitative estimate of drug-likeness (QED) is 0.116. The zero-order valence-electron chi connectivity index (χ0n) is 13.1. The van der Waals surface area contributed by atoms with Crippen molar-refractivity contribution in [3.8, 4) is 23.0 Å². The maximum atomic E-state index is 14.1. The van der Waals surface area contributed by atoms with Crippen LogP contribution in [0.4, 0.5) is 17.6 Å². The number of halogens is 9. The Morgan fingerprint density at radius 2 is 0.909 bits per heavy atom. The molecule has 33 heavy (non-hydrogen) atoms. The number of ether oxygens (including phenoxy) is 4. The summed E-state index contributed by atoms with van der Waals surface area (Å²) in [5, 5.41) is -2.93. The van der Waals surface area contributed by atoms with E-state index < -0.39 is 40.6 Å². The van der Waals surface area contributed by atoms with E-state index in [4.69, 9.17) is 58.0 Å². The van der Waals surface area contributed by atoms with Crippen LogP contribution in [0.5, 0.6) is 23.0 Å². The number of fused-ring (bicyclic) bond motifs is 3. The fourth-order valence-corrected chi connectivity index (χ4v) is 4.53. The molecule has 3 aromatic rings. The smallest absolute Gasteiger partial charge is 0.398 e. The van der Waals surface area contributed by atoms with Gasteiger partial charge in [0.05, 0.1) is 46.7 Å².